The molecule has 2 aromatic carbocycles. The van der Waals surface area contributed by atoms with Crippen LogP contribution in [0, 0.1) is 0 Å². The smallest absolute Gasteiger partial charge is 0.383 e. The molecule has 2 amide bonds. The van der Waals surface area contributed by atoms with Crippen molar-refractivity contribution in [2.75, 3.05) is 17.2 Å². The second-order valence-electron chi connectivity index (χ2n) is 7.24. The van der Waals surface area contributed by atoms with Gasteiger partial charge in [-0.05, 0) is 35.7 Å². The molecule has 1 aromatic heterocycles. The molecule has 7 nitrogen and oxygen atoms in total. The minimum absolute atomic E-state index is 0.0703. The van der Waals surface area contributed by atoms with Crippen LogP contribution in [0.5, 0.6) is 0 Å². The summed E-state index contributed by atoms with van der Waals surface area (Å²) in [6.07, 6.45) is -4.05. The van der Waals surface area contributed by atoms with Gasteiger partial charge in [0, 0.05) is 17.8 Å². The molecule has 0 radical (unpaired) electrons. The van der Waals surface area contributed by atoms with Gasteiger partial charge in [-0.1, -0.05) is 24.3 Å². The monoisotopic (exact) mass is 429 g/mol. The molecule has 10 heteroatoms. The Kier molecular flexibility index (Phi) is 4.92. The highest BCUT2D eigenvalue weighted by molar-refractivity contribution is 6.03. The van der Waals surface area contributed by atoms with Crippen LogP contribution in [-0.2, 0) is 23.8 Å². The summed E-state index contributed by atoms with van der Waals surface area (Å²) in [6, 6.07) is 9.97. The molecule has 0 spiro atoms. The molecule has 4 rings (SSSR count). The quantitative estimate of drug-likeness (QED) is 0.591. The van der Waals surface area contributed by atoms with Gasteiger partial charge in [0.15, 0.2) is 0 Å². The minimum atomic E-state index is -4.46. The Hall–Kier alpha value is -3.82. The largest absolute Gasteiger partial charge is 0.416 e. The maximum absolute atomic E-state index is 12.9. The standard InChI is InChI=1S/C21H18F3N5O2/c22-21(23,24)14-3-1-2-11(8-14)9-16(30)29-7-6-12-10-13(4-5-15(12)29)18-17(20(26)31)19(25)28-27-18/h1-5,8,10H,6-7,9H2,(H2,26,31)(H3,25,27,28). The molecule has 160 valence electrons. The van der Waals surface area contributed by atoms with E-state index in [9.17, 15) is 22.8 Å². The number of benzene rings is 2. The van der Waals surface area contributed by atoms with Crippen molar-refractivity contribution in [3.8, 4) is 11.3 Å². The van der Waals surface area contributed by atoms with E-state index in [4.69, 9.17) is 11.5 Å². The van der Waals surface area contributed by atoms with Crippen LogP contribution in [0.1, 0.15) is 27.0 Å². The molecule has 5 N–H and O–H groups in total. The molecular weight excluding hydrogens is 411 g/mol. The molecule has 0 fully saturated rings. The molecule has 0 unspecified atom stereocenters. The minimum Gasteiger partial charge on any atom is -0.383 e. The van der Waals surface area contributed by atoms with Gasteiger partial charge < -0.3 is 16.4 Å². The second-order valence-corrected chi connectivity index (χ2v) is 7.24. The number of nitrogen functional groups attached to an aromatic ring is 1. The number of nitrogens with zero attached hydrogens (tertiary/aromatic N) is 2. The lowest BCUT2D eigenvalue weighted by Gasteiger charge is -2.18. The Morgan fingerprint density at radius 3 is 2.65 bits per heavy atom. The second kappa shape index (κ2) is 7.46. The summed E-state index contributed by atoms with van der Waals surface area (Å²) < 4.78 is 38.8. The van der Waals surface area contributed by atoms with Crippen LogP contribution in [0.3, 0.4) is 0 Å². The number of aromatic nitrogens is 2. The summed E-state index contributed by atoms with van der Waals surface area (Å²) in [4.78, 5) is 26.0. The number of carbonyl (C=O) groups is 2. The van der Waals surface area contributed by atoms with Crippen LogP contribution < -0.4 is 16.4 Å². The van der Waals surface area contributed by atoms with Crippen molar-refractivity contribution < 1.29 is 22.8 Å². The molecule has 0 bridgehead atoms. The summed E-state index contributed by atoms with van der Waals surface area (Å²) in [7, 11) is 0. The van der Waals surface area contributed by atoms with Gasteiger partial charge in [0.1, 0.15) is 17.1 Å². The predicted molar refractivity (Wildman–Crippen MR) is 108 cm³/mol. The lowest BCUT2D eigenvalue weighted by atomic mass is 10.0. The van der Waals surface area contributed by atoms with Crippen molar-refractivity contribution in [1.82, 2.24) is 10.2 Å². The third-order valence-corrected chi connectivity index (χ3v) is 5.20. The topological polar surface area (TPSA) is 118 Å². The highest BCUT2D eigenvalue weighted by Crippen LogP contribution is 2.34. The number of halogens is 3. The maximum Gasteiger partial charge on any atom is 0.416 e. The zero-order chi connectivity index (χ0) is 22.3. The summed E-state index contributed by atoms with van der Waals surface area (Å²) in [5.74, 6) is -0.937. The Labute approximate surface area is 174 Å². The fraction of sp³-hybridized carbons (Fsp3) is 0.190. The molecule has 0 aliphatic carbocycles. The van der Waals surface area contributed by atoms with Gasteiger partial charge >= 0.3 is 6.18 Å². The molecule has 3 aromatic rings. The van der Waals surface area contributed by atoms with Crippen molar-refractivity contribution >= 4 is 23.3 Å². The summed E-state index contributed by atoms with van der Waals surface area (Å²) in [5.41, 5.74) is 13.2. The lowest BCUT2D eigenvalue weighted by molar-refractivity contribution is -0.137. The van der Waals surface area contributed by atoms with Gasteiger partial charge in [0.2, 0.25) is 5.91 Å². The SMILES string of the molecule is NC(=O)c1c(-c2ccc3c(c2)CCN3C(=O)Cc2cccc(C(F)(F)F)c2)n[nH]c1N. The highest BCUT2D eigenvalue weighted by atomic mass is 19.4. The number of anilines is 2. The fourth-order valence-corrected chi connectivity index (χ4v) is 3.75. The van der Waals surface area contributed by atoms with Gasteiger partial charge in [0.25, 0.3) is 5.91 Å². The van der Waals surface area contributed by atoms with E-state index in [1.807, 2.05) is 0 Å². The number of H-pyrrole nitrogens is 1. The molecule has 1 aliphatic rings. The number of hydrogen-bond acceptors (Lipinski definition) is 4. The molecule has 31 heavy (non-hydrogen) atoms. The van der Waals surface area contributed by atoms with Gasteiger partial charge in [-0.25, -0.2) is 0 Å². The van der Waals surface area contributed by atoms with Crippen molar-refractivity contribution in [2.45, 2.75) is 19.0 Å². The average Bonchev–Trinajstić information content (AvgIpc) is 3.30. The fourth-order valence-electron chi connectivity index (χ4n) is 3.75. The van der Waals surface area contributed by atoms with Crippen LogP contribution in [0.2, 0.25) is 0 Å². The first-order chi connectivity index (χ1) is 14.6. The van der Waals surface area contributed by atoms with Crippen molar-refractivity contribution in [3.05, 3.63) is 64.7 Å². The average molecular weight is 429 g/mol. The normalized spacial score (nSPS) is 13.3. The summed E-state index contributed by atoms with van der Waals surface area (Å²) in [5, 5.41) is 6.58. The van der Waals surface area contributed by atoms with Gasteiger partial charge in [-0.2, -0.15) is 18.3 Å². The predicted octanol–water partition coefficient (Wildman–Crippen LogP) is 2.91. The van der Waals surface area contributed by atoms with E-state index >= 15 is 0 Å². The zero-order valence-electron chi connectivity index (χ0n) is 16.2. The molecule has 1 aliphatic heterocycles. The van der Waals surface area contributed by atoms with E-state index in [2.05, 4.69) is 10.2 Å². The third kappa shape index (κ3) is 3.83. The lowest BCUT2D eigenvalue weighted by Crippen LogP contribution is -2.30. The number of primary amides is 1. The number of nitrogens with two attached hydrogens (primary N) is 2. The van der Waals surface area contributed by atoms with E-state index in [1.165, 1.54) is 12.1 Å². The van der Waals surface area contributed by atoms with Gasteiger partial charge in [0.05, 0.1) is 12.0 Å². The number of nitrogens with one attached hydrogen (secondary N) is 1. The summed E-state index contributed by atoms with van der Waals surface area (Å²) >= 11 is 0. The molecule has 0 saturated heterocycles. The van der Waals surface area contributed by atoms with Crippen LogP contribution in [0.15, 0.2) is 42.5 Å². The van der Waals surface area contributed by atoms with Crippen LogP contribution >= 0.6 is 0 Å². The number of aromatic amines is 1. The first kappa shape index (κ1) is 20.5. The number of alkyl halides is 3. The Balaban J connectivity index is 1.57. The van der Waals surface area contributed by atoms with Crippen LogP contribution in [0.4, 0.5) is 24.7 Å². The number of amides is 2. The van der Waals surface area contributed by atoms with E-state index in [0.717, 1.165) is 17.7 Å². The number of fused-ring (bicyclic) bond motifs is 1. The van der Waals surface area contributed by atoms with Gasteiger partial charge in [-0.3, -0.25) is 14.7 Å². The maximum atomic E-state index is 12.9. The van der Waals surface area contributed by atoms with Crippen molar-refractivity contribution in [2.24, 2.45) is 5.73 Å². The van der Waals surface area contributed by atoms with E-state index in [-0.39, 0.29) is 23.7 Å². The Morgan fingerprint density at radius 1 is 1.16 bits per heavy atom. The molecular formula is C21H18F3N5O2. The Morgan fingerprint density at radius 2 is 1.94 bits per heavy atom. The first-order valence-corrected chi connectivity index (χ1v) is 9.38. The molecule has 0 saturated carbocycles. The van der Waals surface area contributed by atoms with Crippen molar-refractivity contribution in [1.29, 1.82) is 0 Å². The zero-order valence-corrected chi connectivity index (χ0v) is 16.2. The van der Waals surface area contributed by atoms with Gasteiger partial charge in [-0.15, -0.1) is 0 Å². The van der Waals surface area contributed by atoms with Crippen molar-refractivity contribution in [3.63, 3.8) is 0 Å². The summed E-state index contributed by atoms with van der Waals surface area (Å²) in [6.45, 7) is 0.405. The first-order valence-electron chi connectivity index (χ1n) is 9.38. The number of rotatable bonds is 4. The number of hydrogen-bond donors (Lipinski definition) is 3. The number of carbonyl (C=O) groups excluding carboxylic acids is 2. The van der Waals surface area contributed by atoms with E-state index in [0.29, 0.717) is 35.5 Å². The van der Waals surface area contributed by atoms with Crippen LogP contribution in [-0.4, -0.2) is 28.6 Å². The molecule has 2 heterocycles. The van der Waals surface area contributed by atoms with E-state index < -0.39 is 17.6 Å². The van der Waals surface area contributed by atoms with E-state index in [1.54, 1.807) is 23.1 Å². The molecule has 0 atom stereocenters. The Bertz CT molecular complexity index is 1190. The third-order valence-electron chi connectivity index (χ3n) is 5.20. The van der Waals surface area contributed by atoms with Crippen LogP contribution in [0.25, 0.3) is 11.3 Å². The highest BCUT2D eigenvalue weighted by Gasteiger charge is 2.31.